The maximum absolute atomic E-state index is 5.85. The highest BCUT2D eigenvalue weighted by Gasteiger charge is 2.12. The van der Waals surface area contributed by atoms with Crippen molar-refractivity contribution < 1.29 is 9.47 Å². The number of nitrogens with zero attached hydrogens (tertiary/aromatic N) is 4. The highest BCUT2D eigenvalue weighted by molar-refractivity contribution is 6.29. The molecule has 0 saturated carbocycles. The zero-order valence-electron chi connectivity index (χ0n) is 13.1. The van der Waals surface area contributed by atoms with Crippen LogP contribution in [0, 0.1) is 11.8 Å². The number of halogens is 1. The molecule has 7 nitrogen and oxygen atoms in total. The first-order chi connectivity index (χ1) is 11.7. The summed E-state index contributed by atoms with van der Waals surface area (Å²) in [4.78, 5) is 0. The number of ether oxygens (including phenoxy) is 2. The summed E-state index contributed by atoms with van der Waals surface area (Å²) in [6, 6.07) is 1.66. The van der Waals surface area contributed by atoms with Crippen LogP contribution in [0.1, 0.15) is 19.3 Å². The van der Waals surface area contributed by atoms with Crippen LogP contribution in [0.25, 0.3) is 11.1 Å². The highest BCUT2D eigenvalue weighted by Crippen LogP contribution is 2.25. The van der Waals surface area contributed by atoms with E-state index in [2.05, 4.69) is 27.1 Å². The van der Waals surface area contributed by atoms with Crippen LogP contribution in [-0.2, 0) is 16.0 Å². The molecular formula is C16H18ClN5O2. The van der Waals surface area contributed by atoms with Crippen molar-refractivity contribution in [2.75, 3.05) is 18.9 Å². The van der Waals surface area contributed by atoms with Crippen molar-refractivity contribution in [3.63, 3.8) is 0 Å². The van der Waals surface area contributed by atoms with Crippen LogP contribution in [0.3, 0.4) is 0 Å². The fourth-order valence-electron chi connectivity index (χ4n) is 2.36. The molecule has 0 amide bonds. The Morgan fingerprint density at radius 1 is 1.38 bits per heavy atom. The first-order valence-corrected chi connectivity index (χ1v) is 8.10. The number of nitrogens with two attached hydrogens (primary N) is 1. The Hall–Kier alpha value is -2.14. The van der Waals surface area contributed by atoms with E-state index in [0.717, 1.165) is 31.4 Å². The molecule has 1 aliphatic heterocycles. The van der Waals surface area contributed by atoms with Crippen LogP contribution in [-0.4, -0.2) is 39.5 Å². The number of anilines is 1. The number of hydrogen-bond donors (Lipinski definition) is 1. The second-order valence-electron chi connectivity index (χ2n) is 5.35. The third-order valence-corrected chi connectivity index (χ3v) is 3.77. The topological polar surface area (TPSA) is 88.1 Å². The van der Waals surface area contributed by atoms with Gasteiger partial charge in [-0.2, -0.15) is 5.10 Å². The van der Waals surface area contributed by atoms with E-state index in [9.17, 15) is 0 Å². The highest BCUT2D eigenvalue weighted by atomic mass is 35.5. The standard InChI is InChI=1S/C16H18ClN5O2/c17-14-9-13(16(18)21-20-14)12-10-19-22(11-12)6-2-4-8-24-15-5-1-3-7-23-15/h9-11,15H,1,3,5-8H2,(H2,18,21). The van der Waals surface area contributed by atoms with Gasteiger partial charge in [-0.3, -0.25) is 4.68 Å². The van der Waals surface area contributed by atoms with Crippen molar-refractivity contribution in [2.45, 2.75) is 32.1 Å². The van der Waals surface area contributed by atoms with Crippen LogP contribution in [0.4, 0.5) is 5.82 Å². The largest absolute Gasteiger partial charge is 0.382 e. The van der Waals surface area contributed by atoms with Crippen molar-refractivity contribution in [1.29, 1.82) is 0 Å². The van der Waals surface area contributed by atoms with Gasteiger partial charge in [0.15, 0.2) is 17.3 Å². The van der Waals surface area contributed by atoms with Crippen LogP contribution in [0.5, 0.6) is 0 Å². The Bertz CT molecular complexity index is 746. The minimum Gasteiger partial charge on any atom is -0.382 e. The predicted molar refractivity (Wildman–Crippen MR) is 90.0 cm³/mol. The van der Waals surface area contributed by atoms with Crippen molar-refractivity contribution in [3.05, 3.63) is 23.6 Å². The summed E-state index contributed by atoms with van der Waals surface area (Å²) in [6.45, 7) is 1.59. The number of hydrogen-bond acceptors (Lipinski definition) is 6. The summed E-state index contributed by atoms with van der Waals surface area (Å²) in [5, 5.41) is 12.0. The van der Waals surface area contributed by atoms with Crippen molar-refractivity contribution >= 4 is 17.4 Å². The normalized spacial score (nSPS) is 17.3. The van der Waals surface area contributed by atoms with Crippen LogP contribution >= 0.6 is 11.6 Å². The zero-order valence-corrected chi connectivity index (χ0v) is 13.9. The third-order valence-electron chi connectivity index (χ3n) is 3.58. The Morgan fingerprint density at radius 2 is 2.29 bits per heavy atom. The molecule has 0 aliphatic carbocycles. The summed E-state index contributed by atoms with van der Waals surface area (Å²) < 4.78 is 12.7. The molecule has 1 atom stereocenters. The average molecular weight is 348 g/mol. The molecule has 8 heteroatoms. The summed E-state index contributed by atoms with van der Waals surface area (Å²) >= 11 is 5.85. The number of aromatic nitrogens is 4. The fourth-order valence-corrected chi connectivity index (χ4v) is 2.51. The molecule has 3 rings (SSSR count). The molecule has 1 aliphatic rings. The van der Waals surface area contributed by atoms with Crippen LogP contribution in [0.15, 0.2) is 18.5 Å². The molecule has 2 aromatic heterocycles. The molecule has 2 N–H and O–H groups in total. The van der Waals surface area contributed by atoms with Crippen molar-refractivity contribution in [1.82, 2.24) is 20.0 Å². The summed E-state index contributed by atoms with van der Waals surface area (Å²) in [5.74, 6) is 6.30. The van der Waals surface area contributed by atoms with E-state index in [4.69, 9.17) is 26.8 Å². The van der Waals surface area contributed by atoms with Gasteiger partial charge in [0.2, 0.25) is 0 Å². The molecule has 1 fully saturated rings. The maximum Gasteiger partial charge on any atom is 0.158 e. The molecule has 126 valence electrons. The van der Waals surface area contributed by atoms with E-state index in [1.54, 1.807) is 16.9 Å². The molecule has 0 spiro atoms. The first kappa shape index (κ1) is 16.7. The summed E-state index contributed by atoms with van der Waals surface area (Å²) in [5.41, 5.74) is 7.33. The van der Waals surface area contributed by atoms with Gasteiger partial charge in [-0.05, 0) is 25.3 Å². The van der Waals surface area contributed by atoms with E-state index in [-0.39, 0.29) is 11.4 Å². The molecule has 1 saturated heterocycles. The Balaban J connectivity index is 1.53. The van der Waals surface area contributed by atoms with Gasteiger partial charge in [0.05, 0.1) is 6.20 Å². The molecule has 24 heavy (non-hydrogen) atoms. The summed E-state index contributed by atoms with van der Waals surface area (Å²) in [7, 11) is 0. The lowest BCUT2D eigenvalue weighted by molar-refractivity contribution is -0.154. The van der Waals surface area contributed by atoms with E-state index >= 15 is 0 Å². The lowest BCUT2D eigenvalue weighted by Crippen LogP contribution is -2.22. The molecular weight excluding hydrogens is 330 g/mol. The fraction of sp³-hybridized carbons (Fsp3) is 0.438. The SMILES string of the molecule is Nc1nnc(Cl)cc1-c1cnn(CC#CCOC2CCCCO2)c1. The van der Waals surface area contributed by atoms with Crippen LogP contribution < -0.4 is 5.73 Å². The van der Waals surface area contributed by atoms with E-state index in [0.29, 0.717) is 24.5 Å². The number of nitrogen functional groups attached to an aromatic ring is 1. The van der Waals surface area contributed by atoms with Gasteiger partial charge in [-0.15, -0.1) is 10.2 Å². The first-order valence-electron chi connectivity index (χ1n) is 7.73. The molecule has 2 aromatic rings. The Labute approximate surface area is 145 Å². The monoisotopic (exact) mass is 347 g/mol. The zero-order chi connectivity index (χ0) is 16.8. The predicted octanol–water partition coefficient (Wildman–Crippen LogP) is 2.12. The lowest BCUT2D eigenvalue weighted by atomic mass is 10.1. The lowest BCUT2D eigenvalue weighted by Gasteiger charge is -2.21. The smallest absolute Gasteiger partial charge is 0.158 e. The van der Waals surface area contributed by atoms with Gasteiger partial charge in [-0.25, -0.2) is 0 Å². The minimum atomic E-state index is -0.115. The molecule has 0 radical (unpaired) electrons. The van der Waals surface area contributed by atoms with E-state index in [1.807, 2.05) is 6.20 Å². The third kappa shape index (κ3) is 4.45. The van der Waals surface area contributed by atoms with Gasteiger partial charge in [0.1, 0.15) is 13.2 Å². The van der Waals surface area contributed by atoms with Gasteiger partial charge in [0, 0.05) is 23.9 Å². The molecule has 3 heterocycles. The van der Waals surface area contributed by atoms with Crippen molar-refractivity contribution in [2.24, 2.45) is 0 Å². The quantitative estimate of drug-likeness (QED) is 0.852. The Kier molecular flexibility index (Phi) is 5.64. The van der Waals surface area contributed by atoms with E-state index in [1.165, 1.54) is 0 Å². The van der Waals surface area contributed by atoms with Gasteiger partial charge in [0.25, 0.3) is 0 Å². The minimum absolute atomic E-state index is 0.115. The second kappa shape index (κ2) is 8.11. The molecule has 0 bridgehead atoms. The van der Waals surface area contributed by atoms with Gasteiger partial charge >= 0.3 is 0 Å². The maximum atomic E-state index is 5.85. The second-order valence-corrected chi connectivity index (χ2v) is 5.74. The van der Waals surface area contributed by atoms with Gasteiger partial charge < -0.3 is 15.2 Å². The summed E-state index contributed by atoms with van der Waals surface area (Å²) in [6.07, 6.45) is 6.60. The molecule has 1 unspecified atom stereocenters. The Morgan fingerprint density at radius 3 is 3.12 bits per heavy atom. The van der Waals surface area contributed by atoms with Gasteiger partial charge in [-0.1, -0.05) is 23.4 Å². The number of rotatable bonds is 4. The molecule has 0 aromatic carbocycles. The van der Waals surface area contributed by atoms with E-state index < -0.39 is 0 Å². The van der Waals surface area contributed by atoms with Crippen molar-refractivity contribution in [3.8, 4) is 23.0 Å². The van der Waals surface area contributed by atoms with Crippen LogP contribution in [0.2, 0.25) is 5.15 Å². The average Bonchev–Trinajstić information content (AvgIpc) is 3.06.